The topological polar surface area (TPSA) is 106 Å². The van der Waals surface area contributed by atoms with E-state index in [4.69, 9.17) is 9.47 Å². The molecule has 0 radical (unpaired) electrons. The Morgan fingerprint density at radius 1 is 1.30 bits per heavy atom. The number of esters is 1. The molecule has 27 heavy (non-hydrogen) atoms. The summed E-state index contributed by atoms with van der Waals surface area (Å²) < 4.78 is 40.5. The number of halogens is 2. The Labute approximate surface area is 152 Å². The first-order valence-electron chi connectivity index (χ1n) is 7.68. The van der Waals surface area contributed by atoms with Gasteiger partial charge in [0.05, 0.1) is 29.4 Å². The van der Waals surface area contributed by atoms with Crippen molar-refractivity contribution >= 4 is 11.7 Å². The minimum absolute atomic E-state index is 0.0276. The molecule has 0 amide bonds. The van der Waals surface area contributed by atoms with E-state index in [1.807, 2.05) is 0 Å². The van der Waals surface area contributed by atoms with Crippen LogP contribution in [0.5, 0.6) is 11.5 Å². The van der Waals surface area contributed by atoms with Crippen molar-refractivity contribution in [2.45, 2.75) is 33.6 Å². The number of benzene rings is 1. The molecule has 11 heteroatoms. The van der Waals surface area contributed by atoms with Crippen molar-refractivity contribution < 1.29 is 32.7 Å². The molecule has 9 nitrogen and oxygen atoms in total. The molecular weight excluding hydrogens is 368 g/mol. The van der Waals surface area contributed by atoms with Gasteiger partial charge in [-0.25, -0.2) is 0 Å². The number of rotatable bonds is 8. The number of carbonyl (C=O) groups excluding carboxylic acids is 1. The van der Waals surface area contributed by atoms with Gasteiger partial charge in [0.25, 0.3) is 5.69 Å². The maximum Gasteiger partial charge on any atom is 0.387 e. The van der Waals surface area contributed by atoms with Gasteiger partial charge in [-0.15, -0.1) is 0 Å². The van der Waals surface area contributed by atoms with Crippen molar-refractivity contribution in [3.05, 3.63) is 45.3 Å². The lowest BCUT2D eigenvalue weighted by molar-refractivity contribution is -0.386. The summed E-state index contributed by atoms with van der Waals surface area (Å²) in [6, 6.07) is 3.70. The molecule has 1 aromatic carbocycles. The summed E-state index contributed by atoms with van der Waals surface area (Å²) in [6.45, 7) is -0.252. The van der Waals surface area contributed by atoms with Gasteiger partial charge in [0, 0.05) is 5.69 Å². The van der Waals surface area contributed by atoms with Gasteiger partial charge in [-0.2, -0.15) is 13.9 Å². The predicted molar refractivity (Wildman–Crippen MR) is 87.8 cm³/mol. The van der Waals surface area contributed by atoms with Crippen LogP contribution in [0, 0.1) is 24.0 Å². The van der Waals surface area contributed by atoms with Crippen LogP contribution in [0.25, 0.3) is 0 Å². The number of aromatic nitrogens is 2. The first kappa shape index (κ1) is 20.1. The monoisotopic (exact) mass is 385 g/mol. The number of hydrogen-bond donors (Lipinski definition) is 0. The van der Waals surface area contributed by atoms with Crippen LogP contribution in [0.2, 0.25) is 0 Å². The van der Waals surface area contributed by atoms with E-state index in [0.717, 1.165) is 23.5 Å². The third-order valence-corrected chi connectivity index (χ3v) is 3.55. The number of methoxy groups -OCH3 is 1. The molecule has 0 aliphatic heterocycles. The van der Waals surface area contributed by atoms with Crippen molar-refractivity contribution in [1.82, 2.24) is 9.78 Å². The third-order valence-electron chi connectivity index (χ3n) is 3.55. The molecule has 1 heterocycles. The standard InChI is InChI=1S/C16H17F2N3O6/c1-9-4-10(2)20(19-9)7-15(22)26-8-11-5-13(25-3)14(27-16(17)18)6-12(11)21(23)24/h4-6,16H,7-8H2,1-3H3. The number of ether oxygens (including phenoxy) is 3. The molecule has 0 saturated carbocycles. The van der Waals surface area contributed by atoms with Gasteiger partial charge in [0.2, 0.25) is 0 Å². The predicted octanol–water partition coefficient (Wildman–Crippen LogP) is 2.76. The number of nitro benzene ring substituents is 1. The van der Waals surface area contributed by atoms with Crippen molar-refractivity contribution in [3.8, 4) is 11.5 Å². The zero-order chi connectivity index (χ0) is 20.1. The minimum atomic E-state index is -3.18. The molecule has 146 valence electrons. The van der Waals surface area contributed by atoms with Crippen LogP contribution in [0.3, 0.4) is 0 Å². The molecule has 2 aromatic rings. The van der Waals surface area contributed by atoms with Gasteiger partial charge in [-0.1, -0.05) is 0 Å². The maximum absolute atomic E-state index is 12.4. The van der Waals surface area contributed by atoms with E-state index < -0.39 is 35.5 Å². The Morgan fingerprint density at radius 3 is 2.52 bits per heavy atom. The van der Waals surface area contributed by atoms with Crippen LogP contribution < -0.4 is 9.47 Å². The number of carbonyl (C=O) groups is 1. The molecule has 0 saturated heterocycles. The second-order valence-electron chi connectivity index (χ2n) is 5.51. The average Bonchev–Trinajstić information content (AvgIpc) is 2.89. The van der Waals surface area contributed by atoms with Crippen LogP contribution in [0.4, 0.5) is 14.5 Å². The summed E-state index contributed by atoms with van der Waals surface area (Å²) in [4.78, 5) is 22.4. The Kier molecular flexibility index (Phi) is 6.27. The lowest BCUT2D eigenvalue weighted by atomic mass is 10.1. The number of hydrogen-bond acceptors (Lipinski definition) is 7. The Balaban J connectivity index is 2.17. The fourth-order valence-corrected chi connectivity index (χ4v) is 2.39. The summed E-state index contributed by atoms with van der Waals surface area (Å²) in [5, 5.41) is 15.3. The number of nitrogens with zero attached hydrogens (tertiary/aromatic N) is 3. The molecule has 0 fully saturated rings. The first-order chi connectivity index (χ1) is 12.7. The summed E-state index contributed by atoms with van der Waals surface area (Å²) in [7, 11) is 1.19. The van der Waals surface area contributed by atoms with Crippen molar-refractivity contribution in [2.75, 3.05) is 7.11 Å². The lowest BCUT2D eigenvalue weighted by Crippen LogP contribution is -2.16. The van der Waals surface area contributed by atoms with Gasteiger partial charge in [-0.05, 0) is 26.0 Å². The Hall–Kier alpha value is -3.24. The second kappa shape index (κ2) is 8.43. The maximum atomic E-state index is 12.4. The molecule has 0 aliphatic rings. The Bertz CT molecular complexity index is 853. The zero-order valence-corrected chi connectivity index (χ0v) is 14.8. The SMILES string of the molecule is COc1cc(COC(=O)Cn2nc(C)cc2C)c([N+](=O)[O-])cc1OC(F)F. The highest BCUT2D eigenvalue weighted by Crippen LogP contribution is 2.36. The third kappa shape index (κ3) is 5.12. The lowest BCUT2D eigenvalue weighted by Gasteiger charge is -2.12. The second-order valence-corrected chi connectivity index (χ2v) is 5.51. The van der Waals surface area contributed by atoms with Crippen molar-refractivity contribution in [2.24, 2.45) is 0 Å². The van der Waals surface area contributed by atoms with E-state index in [0.29, 0.717) is 0 Å². The smallest absolute Gasteiger partial charge is 0.387 e. The summed E-state index contributed by atoms with van der Waals surface area (Å²) >= 11 is 0. The molecule has 0 N–H and O–H groups in total. The fourth-order valence-electron chi connectivity index (χ4n) is 2.39. The highest BCUT2D eigenvalue weighted by Gasteiger charge is 2.23. The number of aryl methyl sites for hydroxylation is 2. The summed E-state index contributed by atoms with van der Waals surface area (Å²) in [5.41, 5.74) is 0.923. The van der Waals surface area contributed by atoms with Gasteiger partial charge in [0.15, 0.2) is 11.5 Å². The van der Waals surface area contributed by atoms with Crippen LogP contribution in [-0.2, 0) is 22.7 Å². The van der Waals surface area contributed by atoms with Crippen molar-refractivity contribution in [3.63, 3.8) is 0 Å². The van der Waals surface area contributed by atoms with E-state index in [-0.39, 0.29) is 17.9 Å². The largest absolute Gasteiger partial charge is 0.493 e. The molecule has 0 unspecified atom stereocenters. The molecule has 0 aliphatic carbocycles. The molecule has 0 atom stereocenters. The normalized spacial score (nSPS) is 10.7. The van der Waals surface area contributed by atoms with Crippen LogP contribution >= 0.6 is 0 Å². The summed E-state index contributed by atoms with van der Waals surface area (Å²) in [6.07, 6.45) is 0. The minimum Gasteiger partial charge on any atom is -0.493 e. The molecule has 0 spiro atoms. The van der Waals surface area contributed by atoms with Crippen LogP contribution in [0.15, 0.2) is 18.2 Å². The number of alkyl halides is 2. The number of nitro groups is 1. The molecular formula is C16H17F2N3O6. The average molecular weight is 385 g/mol. The van der Waals surface area contributed by atoms with E-state index in [2.05, 4.69) is 9.84 Å². The first-order valence-corrected chi connectivity index (χ1v) is 7.68. The highest BCUT2D eigenvalue weighted by molar-refractivity contribution is 5.69. The van der Waals surface area contributed by atoms with Crippen LogP contribution in [0.1, 0.15) is 17.0 Å². The quantitative estimate of drug-likeness (QED) is 0.391. The van der Waals surface area contributed by atoms with Gasteiger partial charge >= 0.3 is 12.6 Å². The van der Waals surface area contributed by atoms with E-state index >= 15 is 0 Å². The molecule has 1 aromatic heterocycles. The fraction of sp³-hybridized carbons (Fsp3) is 0.375. The van der Waals surface area contributed by atoms with Gasteiger partial charge in [-0.3, -0.25) is 19.6 Å². The molecule has 0 bridgehead atoms. The Morgan fingerprint density at radius 2 is 2.00 bits per heavy atom. The zero-order valence-electron chi connectivity index (χ0n) is 14.8. The molecule has 2 rings (SSSR count). The van der Waals surface area contributed by atoms with Gasteiger partial charge in [0.1, 0.15) is 13.2 Å². The van der Waals surface area contributed by atoms with E-state index in [1.54, 1.807) is 19.9 Å². The van der Waals surface area contributed by atoms with E-state index in [1.165, 1.54) is 11.8 Å². The summed E-state index contributed by atoms with van der Waals surface area (Å²) in [5.74, 6) is -1.30. The van der Waals surface area contributed by atoms with Gasteiger partial charge < -0.3 is 14.2 Å². The van der Waals surface area contributed by atoms with E-state index in [9.17, 15) is 23.7 Å². The van der Waals surface area contributed by atoms with Crippen molar-refractivity contribution in [1.29, 1.82) is 0 Å². The van der Waals surface area contributed by atoms with Crippen LogP contribution in [-0.4, -0.2) is 34.4 Å². The highest BCUT2D eigenvalue weighted by atomic mass is 19.3.